The molecular weight excluding hydrogens is 355 g/mol. The molecule has 2 aromatic carbocycles. The molecule has 3 nitrogen and oxygen atoms in total. The second-order valence-corrected chi connectivity index (χ2v) is 7.44. The topological polar surface area (TPSA) is 24.5 Å². The highest BCUT2D eigenvalue weighted by Crippen LogP contribution is 2.49. The van der Waals surface area contributed by atoms with Gasteiger partial charge in [-0.05, 0) is 50.2 Å². The van der Waals surface area contributed by atoms with Crippen LogP contribution < -0.4 is 15.0 Å². The minimum atomic E-state index is 0.438. The fourth-order valence-corrected chi connectivity index (χ4v) is 4.60. The van der Waals surface area contributed by atoms with Crippen molar-refractivity contribution < 1.29 is 4.74 Å². The van der Waals surface area contributed by atoms with E-state index in [9.17, 15) is 0 Å². The Morgan fingerprint density at radius 2 is 1.84 bits per heavy atom. The summed E-state index contributed by atoms with van der Waals surface area (Å²) in [7, 11) is 0. The number of nitrogens with zero attached hydrogens (tertiary/aromatic N) is 1. The van der Waals surface area contributed by atoms with Crippen LogP contribution in [0.2, 0.25) is 10.0 Å². The van der Waals surface area contributed by atoms with E-state index in [4.69, 9.17) is 27.9 Å². The largest absolute Gasteiger partial charge is 0.492 e. The third kappa shape index (κ3) is 3.33. The highest BCUT2D eigenvalue weighted by Gasteiger charge is 2.40. The van der Waals surface area contributed by atoms with E-state index in [-0.39, 0.29) is 0 Å². The van der Waals surface area contributed by atoms with Gasteiger partial charge in [0.2, 0.25) is 0 Å². The standard InChI is InChI=1S/C20H22Cl2N2O/c21-16-6-7-18-19(20(16)22)15-8-10-23-11-9-17(15)24(18)12-13-25-14-4-2-1-3-5-14/h1-7,15,17,23H,8-13H2/t15-,17-/m0/s1. The number of benzene rings is 2. The van der Waals surface area contributed by atoms with Gasteiger partial charge in [0.25, 0.3) is 0 Å². The summed E-state index contributed by atoms with van der Waals surface area (Å²) in [6.07, 6.45) is 2.20. The van der Waals surface area contributed by atoms with E-state index in [1.807, 2.05) is 36.4 Å². The predicted molar refractivity (Wildman–Crippen MR) is 104 cm³/mol. The molecule has 2 aromatic rings. The van der Waals surface area contributed by atoms with Crippen molar-refractivity contribution in [2.75, 3.05) is 31.1 Å². The zero-order chi connectivity index (χ0) is 17.2. The smallest absolute Gasteiger partial charge is 0.119 e. The molecule has 0 radical (unpaired) electrons. The lowest BCUT2D eigenvalue weighted by Crippen LogP contribution is -2.37. The molecule has 2 aliphatic rings. The molecule has 0 aliphatic carbocycles. The van der Waals surface area contributed by atoms with Gasteiger partial charge in [0.1, 0.15) is 12.4 Å². The van der Waals surface area contributed by atoms with Crippen LogP contribution in [0.25, 0.3) is 0 Å². The van der Waals surface area contributed by atoms with E-state index in [1.54, 1.807) is 0 Å². The SMILES string of the molecule is Clc1ccc2c(c1Cl)[C@H]1CCNCC[C@@H]1N2CCOc1ccccc1. The summed E-state index contributed by atoms with van der Waals surface area (Å²) >= 11 is 12.9. The molecule has 132 valence electrons. The van der Waals surface area contributed by atoms with E-state index >= 15 is 0 Å². The van der Waals surface area contributed by atoms with Gasteiger partial charge in [-0.25, -0.2) is 0 Å². The van der Waals surface area contributed by atoms with Crippen LogP contribution in [0.5, 0.6) is 5.75 Å². The summed E-state index contributed by atoms with van der Waals surface area (Å²) in [6.45, 7) is 3.57. The van der Waals surface area contributed by atoms with Gasteiger partial charge in [-0.3, -0.25) is 0 Å². The highest BCUT2D eigenvalue weighted by molar-refractivity contribution is 6.42. The van der Waals surface area contributed by atoms with Gasteiger partial charge >= 0.3 is 0 Å². The molecule has 5 heteroatoms. The number of hydrogen-bond acceptors (Lipinski definition) is 3. The predicted octanol–water partition coefficient (Wildman–Crippen LogP) is 4.73. The van der Waals surface area contributed by atoms with Gasteiger partial charge in [-0.15, -0.1) is 0 Å². The molecule has 2 atom stereocenters. The number of ether oxygens (including phenoxy) is 1. The van der Waals surface area contributed by atoms with Gasteiger partial charge in [-0.2, -0.15) is 0 Å². The number of para-hydroxylation sites is 1. The molecule has 0 spiro atoms. The first kappa shape index (κ1) is 17.0. The molecule has 0 unspecified atom stereocenters. The number of halogens is 2. The Labute approximate surface area is 158 Å². The van der Waals surface area contributed by atoms with Crippen LogP contribution in [0.4, 0.5) is 5.69 Å². The summed E-state index contributed by atoms with van der Waals surface area (Å²) < 4.78 is 5.93. The summed E-state index contributed by atoms with van der Waals surface area (Å²) in [5.41, 5.74) is 2.45. The number of nitrogens with one attached hydrogen (secondary N) is 1. The van der Waals surface area contributed by atoms with E-state index in [0.717, 1.165) is 43.2 Å². The van der Waals surface area contributed by atoms with Crippen molar-refractivity contribution in [3.63, 3.8) is 0 Å². The van der Waals surface area contributed by atoms with Crippen molar-refractivity contribution in [1.29, 1.82) is 0 Å². The maximum atomic E-state index is 6.60. The lowest BCUT2D eigenvalue weighted by Gasteiger charge is -2.29. The molecule has 2 heterocycles. The van der Waals surface area contributed by atoms with E-state index < -0.39 is 0 Å². The second-order valence-electron chi connectivity index (χ2n) is 6.65. The number of hydrogen-bond donors (Lipinski definition) is 1. The van der Waals surface area contributed by atoms with Crippen LogP contribution in [0, 0.1) is 0 Å². The van der Waals surface area contributed by atoms with E-state index in [1.165, 1.54) is 11.3 Å². The first-order chi connectivity index (χ1) is 12.3. The third-order valence-electron chi connectivity index (χ3n) is 5.25. The summed E-state index contributed by atoms with van der Waals surface area (Å²) in [4.78, 5) is 2.47. The maximum absolute atomic E-state index is 6.60. The van der Waals surface area contributed by atoms with Crippen molar-refractivity contribution in [3.8, 4) is 5.75 Å². The van der Waals surface area contributed by atoms with E-state index in [2.05, 4.69) is 16.3 Å². The Morgan fingerprint density at radius 1 is 1.04 bits per heavy atom. The van der Waals surface area contributed by atoms with Crippen molar-refractivity contribution in [2.24, 2.45) is 0 Å². The molecule has 0 amide bonds. The first-order valence-electron chi connectivity index (χ1n) is 8.89. The zero-order valence-corrected chi connectivity index (χ0v) is 15.6. The zero-order valence-electron chi connectivity index (χ0n) is 14.1. The van der Waals surface area contributed by atoms with Crippen molar-refractivity contribution in [2.45, 2.75) is 24.8 Å². The third-order valence-corrected chi connectivity index (χ3v) is 6.07. The lowest BCUT2D eigenvalue weighted by molar-refractivity contribution is 0.317. The lowest BCUT2D eigenvalue weighted by atomic mass is 9.91. The monoisotopic (exact) mass is 376 g/mol. The fraction of sp³-hybridized carbons (Fsp3) is 0.400. The quantitative estimate of drug-likeness (QED) is 0.834. The molecule has 1 fully saturated rings. The first-order valence-corrected chi connectivity index (χ1v) is 9.64. The van der Waals surface area contributed by atoms with Gasteiger partial charge in [0.05, 0.1) is 16.6 Å². The van der Waals surface area contributed by atoms with Crippen molar-refractivity contribution in [1.82, 2.24) is 5.32 Å². The maximum Gasteiger partial charge on any atom is 0.119 e. The van der Waals surface area contributed by atoms with Crippen LogP contribution >= 0.6 is 23.2 Å². The summed E-state index contributed by atoms with van der Waals surface area (Å²) in [5, 5.41) is 4.89. The number of rotatable bonds is 4. The minimum Gasteiger partial charge on any atom is -0.492 e. The van der Waals surface area contributed by atoms with Crippen molar-refractivity contribution in [3.05, 3.63) is 58.1 Å². The Hall–Kier alpha value is -1.42. The Balaban J connectivity index is 1.57. The molecule has 1 N–H and O–H groups in total. The molecule has 0 aromatic heterocycles. The molecule has 0 saturated carbocycles. The fourth-order valence-electron chi connectivity index (χ4n) is 4.14. The summed E-state index contributed by atoms with van der Waals surface area (Å²) in [6, 6.07) is 14.5. The van der Waals surface area contributed by atoms with Crippen LogP contribution in [0.3, 0.4) is 0 Å². The Bertz CT molecular complexity index is 738. The van der Waals surface area contributed by atoms with Gasteiger partial charge < -0.3 is 15.0 Å². The number of anilines is 1. The highest BCUT2D eigenvalue weighted by atomic mass is 35.5. The minimum absolute atomic E-state index is 0.438. The molecule has 4 rings (SSSR count). The molecular formula is C20H22Cl2N2O. The normalized spacial score (nSPS) is 22.2. The van der Waals surface area contributed by atoms with Crippen LogP contribution in [0.15, 0.2) is 42.5 Å². The summed E-state index contributed by atoms with van der Waals surface area (Å²) in [5.74, 6) is 1.35. The van der Waals surface area contributed by atoms with Gasteiger partial charge in [0.15, 0.2) is 0 Å². The molecule has 0 bridgehead atoms. The Kier molecular flexibility index (Phi) is 5.07. The van der Waals surface area contributed by atoms with E-state index in [0.29, 0.717) is 23.6 Å². The average molecular weight is 377 g/mol. The van der Waals surface area contributed by atoms with Crippen LogP contribution in [0.1, 0.15) is 24.3 Å². The van der Waals surface area contributed by atoms with Crippen LogP contribution in [-0.2, 0) is 0 Å². The van der Waals surface area contributed by atoms with Gasteiger partial charge in [0, 0.05) is 23.2 Å². The molecule has 2 aliphatic heterocycles. The average Bonchev–Trinajstić information content (AvgIpc) is 2.78. The molecule has 25 heavy (non-hydrogen) atoms. The molecule has 1 saturated heterocycles. The van der Waals surface area contributed by atoms with Crippen LogP contribution in [-0.4, -0.2) is 32.3 Å². The second kappa shape index (κ2) is 7.45. The van der Waals surface area contributed by atoms with Crippen molar-refractivity contribution >= 4 is 28.9 Å². The van der Waals surface area contributed by atoms with Gasteiger partial charge in [-0.1, -0.05) is 41.4 Å². The number of fused-ring (bicyclic) bond motifs is 3. The Morgan fingerprint density at radius 3 is 2.68 bits per heavy atom.